The van der Waals surface area contributed by atoms with E-state index in [-0.39, 0.29) is 79.0 Å². The van der Waals surface area contributed by atoms with Crippen LogP contribution in [0, 0.1) is 0 Å². The Morgan fingerprint density at radius 2 is 1.10 bits per heavy atom. The van der Waals surface area contributed by atoms with Gasteiger partial charge in [-0.1, -0.05) is 0 Å². The summed E-state index contributed by atoms with van der Waals surface area (Å²) in [6.45, 7) is 1.50. The number of nitrogens with one attached hydrogen (secondary N) is 8. The maximum absolute atomic E-state index is 13.1. The van der Waals surface area contributed by atoms with Crippen molar-refractivity contribution >= 4 is 64.4 Å². The van der Waals surface area contributed by atoms with Crippen molar-refractivity contribution in [1.29, 1.82) is 0 Å². The van der Waals surface area contributed by atoms with E-state index < -0.39 is 29.5 Å². The van der Waals surface area contributed by atoms with E-state index in [1.165, 1.54) is 33.8 Å². The number of anilines is 4. The summed E-state index contributed by atoms with van der Waals surface area (Å²) in [6, 6.07) is 3.29. The number of hydrogen-bond donors (Lipinski definition) is 9. The first kappa shape index (κ1) is 45.5. The Kier molecular flexibility index (Phi) is 15.5. The van der Waals surface area contributed by atoms with Gasteiger partial charge in [-0.3, -0.25) is 33.6 Å². The van der Waals surface area contributed by atoms with Crippen LogP contribution in [-0.4, -0.2) is 112 Å². The lowest BCUT2D eigenvalue weighted by molar-refractivity contribution is -0.121. The number of carbonyl (C=O) groups excluding carboxylic acids is 7. The molecule has 5 rings (SSSR count). The van der Waals surface area contributed by atoms with Crippen LogP contribution in [0.4, 0.5) is 23.0 Å². The second-order valence-corrected chi connectivity index (χ2v) is 14.1. The molecule has 0 aromatic carbocycles. The van der Waals surface area contributed by atoms with Crippen LogP contribution < -0.4 is 48.3 Å². The summed E-state index contributed by atoms with van der Waals surface area (Å²) in [4.78, 5) is 100. The first-order valence-corrected chi connectivity index (χ1v) is 19.4. The molecule has 0 aliphatic heterocycles. The Balaban J connectivity index is 1.00. The van der Waals surface area contributed by atoms with E-state index in [2.05, 4.69) is 57.5 Å². The molecule has 0 fully saturated rings. The summed E-state index contributed by atoms with van der Waals surface area (Å²) in [7, 11) is 8.38. The van der Waals surface area contributed by atoms with Crippen molar-refractivity contribution in [3.8, 4) is 0 Å². The lowest BCUT2D eigenvalue weighted by Crippen LogP contribution is -2.33. The quantitative estimate of drug-likeness (QED) is 0.0408. The number of nitrogens with zero attached hydrogens (tertiary/aromatic N) is 8. The minimum atomic E-state index is -0.513. The molecule has 0 radical (unpaired) electrons. The van der Waals surface area contributed by atoms with Crippen molar-refractivity contribution < 1.29 is 33.6 Å². The van der Waals surface area contributed by atoms with Gasteiger partial charge in [-0.15, -0.1) is 0 Å². The van der Waals surface area contributed by atoms with Gasteiger partial charge >= 0.3 is 0 Å². The van der Waals surface area contributed by atoms with Gasteiger partial charge in [-0.2, -0.15) is 0 Å². The Morgan fingerprint density at radius 1 is 0.548 bits per heavy atom. The molecule has 5 heterocycles. The molecule has 0 spiro atoms. The topological polar surface area (TPSA) is 305 Å². The highest BCUT2D eigenvalue weighted by Gasteiger charge is 2.20. The Morgan fingerprint density at radius 3 is 1.71 bits per heavy atom. The average Bonchev–Trinajstić information content (AvgIpc) is 4.05. The molecule has 0 aliphatic rings. The lowest BCUT2D eigenvalue weighted by atomic mass is 10.3. The number of nitrogens with two attached hydrogens (primary N) is 1. The highest BCUT2D eigenvalue weighted by atomic mass is 16.2. The zero-order chi connectivity index (χ0) is 44.9. The summed E-state index contributed by atoms with van der Waals surface area (Å²) >= 11 is 0. The van der Waals surface area contributed by atoms with E-state index in [4.69, 9.17) is 5.73 Å². The fourth-order valence-corrected chi connectivity index (χ4v) is 6.02. The van der Waals surface area contributed by atoms with Crippen LogP contribution in [0.3, 0.4) is 0 Å². The van der Waals surface area contributed by atoms with E-state index in [0.717, 1.165) is 5.69 Å². The summed E-state index contributed by atoms with van der Waals surface area (Å²) < 4.78 is 7.88. The fourth-order valence-electron chi connectivity index (χ4n) is 6.02. The van der Waals surface area contributed by atoms with Crippen LogP contribution >= 0.6 is 0 Å². The normalized spacial score (nSPS) is 10.9. The van der Waals surface area contributed by atoms with Gasteiger partial charge in [-0.05, 0) is 12.1 Å². The number of imidazole rings is 3. The molecule has 0 atom stereocenters. The van der Waals surface area contributed by atoms with Gasteiger partial charge in [0.05, 0.1) is 11.4 Å². The average molecular weight is 858 g/mol. The summed E-state index contributed by atoms with van der Waals surface area (Å²) in [5.74, 6) is -2.17. The second kappa shape index (κ2) is 21.1. The minimum absolute atomic E-state index is 0.0124. The third-order valence-corrected chi connectivity index (χ3v) is 9.16. The van der Waals surface area contributed by atoms with Crippen LogP contribution in [0.1, 0.15) is 67.3 Å². The molecule has 330 valence electrons. The number of carbonyl (C=O) groups is 7. The Hall–Kier alpha value is -7.60. The number of aromatic nitrogens is 8. The zero-order valence-corrected chi connectivity index (χ0v) is 35.0. The number of aryl methyl sites for hydroxylation is 5. The van der Waals surface area contributed by atoms with Crippen molar-refractivity contribution in [1.82, 2.24) is 59.1 Å². The molecule has 0 bridgehead atoms. The van der Waals surface area contributed by atoms with Crippen LogP contribution in [-0.2, 0) is 56.2 Å². The number of hydrogen-bond acceptors (Lipinski definition) is 12. The van der Waals surface area contributed by atoms with E-state index in [1.54, 1.807) is 62.0 Å². The molecule has 5 aromatic heterocycles. The van der Waals surface area contributed by atoms with Gasteiger partial charge < -0.3 is 71.1 Å². The van der Waals surface area contributed by atoms with Gasteiger partial charge in [0.15, 0.2) is 17.5 Å². The monoisotopic (exact) mass is 857 g/mol. The standard InChI is InChI=1S/C38H51N17O7/c1-51-15-14-42-32(51)37(61)46-24-17-26(53(3)20-24)35(59)43-12-8-31(58)48-28-22-55(5)34(50-28)38(62)45-23-16-25(52(2)19-23)18-40-10-6-30(57)47-27-21-54(4)33(49-27)36(60)44-11-7-29(56)41-13-9-39/h14-17,19-22,40H,6-13,18,39H2,1-5H3,(H,41,56)(H,43,59)(H,44,60)(H,45,62)(H,46,61)(H,47,57)(H,48,58). The van der Waals surface area contributed by atoms with Crippen molar-refractivity contribution in [2.75, 3.05) is 54.0 Å². The summed E-state index contributed by atoms with van der Waals surface area (Å²) in [5.41, 5.74) is 7.36. The summed E-state index contributed by atoms with van der Waals surface area (Å²) in [5, 5.41) is 21.9. The largest absolute Gasteiger partial charge is 0.355 e. The molecule has 24 nitrogen and oxygen atoms in total. The first-order chi connectivity index (χ1) is 29.6. The number of rotatable bonds is 21. The van der Waals surface area contributed by atoms with E-state index >= 15 is 0 Å². The minimum Gasteiger partial charge on any atom is -0.355 e. The van der Waals surface area contributed by atoms with E-state index in [1.807, 2.05) is 11.6 Å². The second-order valence-electron chi connectivity index (χ2n) is 14.1. The summed E-state index contributed by atoms with van der Waals surface area (Å²) in [6.07, 6.45) is 9.60. The maximum Gasteiger partial charge on any atom is 0.291 e. The van der Waals surface area contributed by atoms with Gasteiger partial charge in [0.1, 0.15) is 5.69 Å². The van der Waals surface area contributed by atoms with Gasteiger partial charge in [0, 0.05) is 137 Å². The van der Waals surface area contributed by atoms with Crippen molar-refractivity contribution in [3.63, 3.8) is 0 Å². The van der Waals surface area contributed by atoms with Crippen LogP contribution in [0.25, 0.3) is 0 Å². The smallest absolute Gasteiger partial charge is 0.291 e. The van der Waals surface area contributed by atoms with Gasteiger partial charge in [-0.25, -0.2) is 15.0 Å². The fraction of sp³-hybridized carbons (Fsp3) is 0.368. The third-order valence-electron chi connectivity index (χ3n) is 9.16. The molecule has 5 aromatic rings. The zero-order valence-electron chi connectivity index (χ0n) is 35.0. The molecule has 7 amide bonds. The van der Waals surface area contributed by atoms with Crippen LogP contribution in [0.5, 0.6) is 0 Å². The SMILES string of the molecule is Cn1cc(NC(=O)c2nc(NC(=O)CCNC(=O)c3cc(NC(=O)c4nccn4C)cn3C)cn2C)cc1CNCCC(=O)Nc1cn(C)c(C(=O)NCCC(=O)NCCN)n1. The Labute approximate surface area is 355 Å². The molecular formula is C38H51N17O7. The maximum atomic E-state index is 13.1. The van der Waals surface area contributed by atoms with Crippen LogP contribution in [0.2, 0.25) is 0 Å². The molecule has 24 heteroatoms. The molecule has 10 N–H and O–H groups in total. The van der Waals surface area contributed by atoms with Crippen LogP contribution in [0.15, 0.2) is 49.3 Å². The van der Waals surface area contributed by atoms with Crippen molar-refractivity contribution in [3.05, 3.63) is 78.2 Å². The first-order valence-electron chi connectivity index (χ1n) is 19.4. The highest BCUT2D eigenvalue weighted by molar-refractivity contribution is 6.04. The lowest BCUT2D eigenvalue weighted by Gasteiger charge is -2.06. The number of amides is 7. The predicted molar refractivity (Wildman–Crippen MR) is 226 cm³/mol. The third kappa shape index (κ3) is 12.5. The van der Waals surface area contributed by atoms with E-state index in [9.17, 15) is 33.6 Å². The molecule has 62 heavy (non-hydrogen) atoms. The molecule has 0 unspecified atom stereocenters. The Bertz CT molecular complexity index is 2440. The molecular weight excluding hydrogens is 807 g/mol. The van der Waals surface area contributed by atoms with Gasteiger partial charge in [0.25, 0.3) is 23.6 Å². The molecule has 0 saturated heterocycles. The van der Waals surface area contributed by atoms with E-state index in [0.29, 0.717) is 37.6 Å². The highest BCUT2D eigenvalue weighted by Crippen LogP contribution is 2.17. The molecule has 0 aliphatic carbocycles. The van der Waals surface area contributed by atoms with Gasteiger partial charge in [0.2, 0.25) is 29.4 Å². The van der Waals surface area contributed by atoms with Crippen molar-refractivity contribution in [2.24, 2.45) is 41.0 Å². The van der Waals surface area contributed by atoms with Crippen molar-refractivity contribution in [2.45, 2.75) is 25.8 Å². The predicted octanol–water partition coefficient (Wildman–Crippen LogP) is -0.859. The molecule has 0 saturated carbocycles.